The van der Waals surface area contributed by atoms with Crippen molar-refractivity contribution in [3.8, 4) is 0 Å². The van der Waals surface area contributed by atoms with Crippen molar-refractivity contribution in [2.24, 2.45) is 0 Å². The first-order chi connectivity index (χ1) is 5.83. The summed E-state index contributed by atoms with van der Waals surface area (Å²) in [6.07, 6.45) is 2.99. The van der Waals surface area contributed by atoms with Crippen molar-refractivity contribution in [2.45, 2.75) is 31.9 Å². The molecule has 12 heavy (non-hydrogen) atoms. The lowest BCUT2D eigenvalue weighted by molar-refractivity contribution is 0.114. The van der Waals surface area contributed by atoms with Gasteiger partial charge in [-0.05, 0) is 31.3 Å². The lowest BCUT2D eigenvalue weighted by Crippen LogP contribution is -2.37. The van der Waals surface area contributed by atoms with Gasteiger partial charge >= 0.3 is 0 Å². The summed E-state index contributed by atoms with van der Waals surface area (Å²) < 4.78 is 5.17. The van der Waals surface area contributed by atoms with E-state index in [1.165, 1.54) is 24.3 Å². The zero-order valence-electron chi connectivity index (χ0n) is 8.01. The van der Waals surface area contributed by atoms with Crippen molar-refractivity contribution in [3.05, 3.63) is 0 Å². The molecule has 1 atom stereocenters. The lowest BCUT2D eigenvalue weighted by atomic mass is 10.1. The van der Waals surface area contributed by atoms with Gasteiger partial charge in [-0.3, -0.25) is 0 Å². The molecule has 0 amide bonds. The zero-order valence-corrected chi connectivity index (χ0v) is 8.82. The molecule has 0 bridgehead atoms. The van der Waals surface area contributed by atoms with Crippen LogP contribution in [0.4, 0.5) is 0 Å². The lowest BCUT2D eigenvalue weighted by Gasteiger charge is -2.23. The van der Waals surface area contributed by atoms with Crippen LogP contribution in [0.3, 0.4) is 0 Å². The van der Waals surface area contributed by atoms with E-state index in [9.17, 15) is 0 Å². The van der Waals surface area contributed by atoms with Crippen LogP contribution in [-0.2, 0) is 4.74 Å². The van der Waals surface area contributed by atoms with Crippen molar-refractivity contribution in [1.29, 1.82) is 0 Å². The maximum atomic E-state index is 5.17. The average Bonchev–Trinajstić information content (AvgIpc) is 2.16. The van der Waals surface area contributed by atoms with E-state index in [0.717, 1.165) is 12.6 Å². The van der Waals surface area contributed by atoms with Crippen molar-refractivity contribution in [3.63, 3.8) is 0 Å². The molecule has 0 aromatic rings. The Balaban J connectivity index is 2.05. The third kappa shape index (κ3) is 3.78. The second-order valence-corrected chi connectivity index (χ2v) is 4.57. The molecule has 1 rings (SSSR count). The van der Waals surface area contributed by atoms with Crippen LogP contribution in [0.2, 0.25) is 0 Å². The van der Waals surface area contributed by atoms with E-state index in [0.29, 0.717) is 6.10 Å². The minimum atomic E-state index is 0.347. The summed E-state index contributed by atoms with van der Waals surface area (Å²) >= 11 is 2.07. The zero-order chi connectivity index (χ0) is 8.81. The van der Waals surface area contributed by atoms with Crippen LogP contribution in [0.25, 0.3) is 0 Å². The summed E-state index contributed by atoms with van der Waals surface area (Å²) in [5.74, 6) is 2.64. The van der Waals surface area contributed by atoms with Gasteiger partial charge in [-0.15, -0.1) is 0 Å². The Morgan fingerprint density at radius 3 is 2.75 bits per heavy atom. The first kappa shape index (κ1) is 10.4. The standard InChI is InChI=1S/C9H19NOS/c1-8(11-2)7-10-9-3-5-12-6-4-9/h8-10H,3-7H2,1-2H3/t8-/m0/s1. The molecule has 2 nitrogen and oxygen atoms in total. The van der Waals surface area contributed by atoms with E-state index in [-0.39, 0.29) is 0 Å². The van der Waals surface area contributed by atoms with Crippen molar-refractivity contribution < 1.29 is 4.74 Å². The molecule has 3 heteroatoms. The van der Waals surface area contributed by atoms with Crippen LogP contribution in [0.5, 0.6) is 0 Å². The Morgan fingerprint density at radius 1 is 1.50 bits per heavy atom. The first-order valence-corrected chi connectivity index (χ1v) is 5.82. The number of hydrogen-bond acceptors (Lipinski definition) is 3. The van der Waals surface area contributed by atoms with E-state index in [1.54, 1.807) is 7.11 Å². The summed E-state index contributed by atoms with van der Waals surface area (Å²) in [6, 6.07) is 0.740. The van der Waals surface area contributed by atoms with E-state index in [4.69, 9.17) is 4.74 Å². The molecule has 72 valence electrons. The van der Waals surface area contributed by atoms with E-state index < -0.39 is 0 Å². The van der Waals surface area contributed by atoms with Crippen LogP contribution in [0.1, 0.15) is 19.8 Å². The Hall–Kier alpha value is 0.270. The van der Waals surface area contributed by atoms with Crippen LogP contribution in [-0.4, -0.2) is 37.3 Å². The molecule has 0 spiro atoms. The van der Waals surface area contributed by atoms with E-state index in [2.05, 4.69) is 24.0 Å². The highest BCUT2D eigenvalue weighted by Crippen LogP contribution is 2.16. The minimum Gasteiger partial charge on any atom is -0.380 e. The molecular weight excluding hydrogens is 170 g/mol. The Morgan fingerprint density at radius 2 is 2.17 bits per heavy atom. The van der Waals surface area contributed by atoms with E-state index >= 15 is 0 Å². The summed E-state index contributed by atoms with van der Waals surface area (Å²) in [5.41, 5.74) is 0. The number of ether oxygens (including phenoxy) is 1. The molecule has 1 fully saturated rings. The second kappa shape index (κ2) is 5.84. The largest absolute Gasteiger partial charge is 0.380 e. The smallest absolute Gasteiger partial charge is 0.0667 e. The molecular formula is C9H19NOS. The number of methoxy groups -OCH3 is 1. The number of nitrogens with one attached hydrogen (secondary N) is 1. The third-order valence-corrected chi connectivity index (χ3v) is 3.37. The van der Waals surface area contributed by atoms with Crippen LogP contribution in [0.15, 0.2) is 0 Å². The summed E-state index contributed by atoms with van der Waals surface area (Å²) in [6.45, 7) is 3.09. The van der Waals surface area contributed by atoms with Crippen LogP contribution < -0.4 is 5.32 Å². The fourth-order valence-corrected chi connectivity index (χ4v) is 2.42. The summed E-state index contributed by atoms with van der Waals surface area (Å²) in [5, 5.41) is 3.53. The van der Waals surface area contributed by atoms with Gasteiger partial charge in [-0.2, -0.15) is 11.8 Å². The molecule has 0 unspecified atom stereocenters. The second-order valence-electron chi connectivity index (χ2n) is 3.34. The van der Waals surface area contributed by atoms with Gasteiger partial charge in [0.15, 0.2) is 0 Å². The molecule has 0 aromatic heterocycles. The highest BCUT2D eigenvalue weighted by molar-refractivity contribution is 7.99. The molecule has 1 aliphatic heterocycles. The fraction of sp³-hybridized carbons (Fsp3) is 1.00. The van der Waals surface area contributed by atoms with Gasteiger partial charge in [-0.1, -0.05) is 0 Å². The molecule has 0 aliphatic carbocycles. The predicted molar refractivity (Wildman–Crippen MR) is 54.8 cm³/mol. The van der Waals surface area contributed by atoms with Gasteiger partial charge in [-0.25, -0.2) is 0 Å². The Kier molecular flexibility index (Phi) is 5.04. The Labute approximate surface area is 79.4 Å². The van der Waals surface area contributed by atoms with Crippen LogP contribution >= 0.6 is 11.8 Å². The molecule has 1 N–H and O–H groups in total. The highest BCUT2D eigenvalue weighted by Gasteiger charge is 2.13. The fourth-order valence-electron chi connectivity index (χ4n) is 1.32. The van der Waals surface area contributed by atoms with Gasteiger partial charge in [0.05, 0.1) is 6.10 Å². The van der Waals surface area contributed by atoms with Gasteiger partial charge in [0.1, 0.15) is 0 Å². The summed E-state index contributed by atoms with van der Waals surface area (Å²) in [7, 11) is 1.77. The maximum Gasteiger partial charge on any atom is 0.0667 e. The summed E-state index contributed by atoms with van der Waals surface area (Å²) in [4.78, 5) is 0. The third-order valence-electron chi connectivity index (χ3n) is 2.32. The maximum absolute atomic E-state index is 5.17. The molecule has 0 radical (unpaired) electrons. The highest BCUT2D eigenvalue weighted by atomic mass is 32.2. The minimum absolute atomic E-state index is 0.347. The van der Waals surface area contributed by atoms with Gasteiger partial charge in [0, 0.05) is 19.7 Å². The molecule has 1 saturated heterocycles. The number of thioether (sulfide) groups is 1. The monoisotopic (exact) mass is 189 g/mol. The van der Waals surface area contributed by atoms with Crippen LogP contribution in [0, 0.1) is 0 Å². The number of rotatable bonds is 4. The average molecular weight is 189 g/mol. The molecule has 1 aliphatic rings. The van der Waals surface area contributed by atoms with E-state index in [1.807, 2.05) is 0 Å². The quantitative estimate of drug-likeness (QED) is 0.724. The number of hydrogen-bond donors (Lipinski definition) is 1. The van der Waals surface area contributed by atoms with Crippen molar-refractivity contribution in [2.75, 3.05) is 25.2 Å². The first-order valence-electron chi connectivity index (χ1n) is 4.67. The molecule has 0 aromatic carbocycles. The SMILES string of the molecule is CO[C@@H](C)CNC1CCSCC1. The normalized spacial score (nSPS) is 22.5. The Bertz CT molecular complexity index is 115. The topological polar surface area (TPSA) is 21.3 Å². The van der Waals surface area contributed by atoms with Crippen molar-refractivity contribution in [1.82, 2.24) is 5.32 Å². The van der Waals surface area contributed by atoms with Gasteiger partial charge in [0.25, 0.3) is 0 Å². The van der Waals surface area contributed by atoms with Gasteiger partial charge in [0.2, 0.25) is 0 Å². The predicted octanol–water partition coefficient (Wildman–Crippen LogP) is 1.51. The molecule has 1 heterocycles. The van der Waals surface area contributed by atoms with Gasteiger partial charge < -0.3 is 10.1 Å². The molecule has 0 saturated carbocycles. The van der Waals surface area contributed by atoms with Crippen molar-refractivity contribution >= 4 is 11.8 Å².